The first-order valence-corrected chi connectivity index (χ1v) is 20.6. The number of aryl methyl sites for hydroxylation is 2. The van der Waals surface area contributed by atoms with Gasteiger partial charge in [-0.15, -0.1) is 0 Å². The van der Waals surface area contributed by atoms with Crippen molar-refractivity contribution >= 4 is 0 Å². The maximum absolute atomic E-state index is 5.05. The van der Waals surface area contributed by atoms with Crippen molar-refractivity contribution in [3.63, 3.8) is 0 Å². The Morgan fingerprint density at radius 2 is 0.532 bits per heavy atom. The molecule has 0 aliphatic rings. The summed E-state index contributed by atoms with van der Waals surface area (Å²) in [5.41, 5.74) is 13.8. The molecule has 0 unspecified atom stereocenters. The highest BCUT2D eigenvalue weighted by Gasteiger charge is 2.17. The second kappa shape index (κ2) is 16.8. The van der Waals surface area contributed by atoms with E-state index in [0.29, 0.717) is 34.9 Å². The summed E-state index contributed by atoms with van der Waals surface area (Å²) < 4.78 is 0. The molecule has 0 saturated carbocycles. The number of benzene rings is 7. The maximum Gasteiger partial charge on any atom is 0.164 e. The largest absolute Gasteiger partial charge is 0.258 e. The zero-order valence-electron chi connectivity index (χ0n) is 34.2. The molecule has 62 heavy (non-hydrogen) atoms. The van der Waals surface area contributed by atoms with Crippen LogP contribution in [0.1, 0.15) is 11.4 Å². The lowest BCUT2D eigenvalue weighted by Gasteiger charge is -2.16. The van der Waals surface area contributed by atoms with Crippen molar-refractivity contribution in [1.29, 1.82) is 0 Å². The quantitative estimate of drug-likeness (QED) is 0.144. The fraction of sp³-hybridized carbons (Fsp3) is 0.0364. The summed E-state index contributed by atoms with van der Waals surface area (Å²) in [6.45, 7) is 4.08. The van der Waals surface area contributed by atoms with E-state index in [1.54, 1.807) is 0 Å². The zero-order valence-corrected chi connectivity index (χ0v) is 34.2. The van der Waals surface area contributed by atoms with Crippen molar-refractivity contribution in [3.8, 4) is 102 Å². The van der Waals surface area contributed by atoms with Crippen molar-refractivity contribution in [3.05, 3.63) is 212 Å². The highest BCUT2D eigenvalue weighted by atomic mass is 15.0. The molecular formula is C55H39N7. The average Bonchev–Trinajstić information content (AvgIpc) is 3.34. The van der Waals surface area contributed by atoms with Crippen molar-refractivity contribution in [2.45, 2.75) is 13.8 Å². The lowest BCUT2D eigenvalue weighted by atomic mass is 9.90. The lowest BCUT2D eigenvalue weighted by molar-refractivity contribution is 1.07. The molecule has 0 spiro atoms. The molecule has 3 aromatic heterocycles. The van der Waals surface area contributed by atoms with Crippen LogP contribution in [0.15, 0.2) is 200 Å². The van der Waals surface area contributed by atoms with Crippen LogP contribution in [-0.4, -0.2) is 34.9 Å². The van der Waals surface area contributed by atoms with Crippen LogP contribution in [0, 0.1) is 13.8 Å². The van der Waals surface area contributed by atoms with Crippen LogP contribution in [0.4, 0.5) is 0 Å². The standard InChI is InChI=1S/C55H39N7/c1-36-31-47(32-37(2)56-36)48-30-29-43(42-25-15-27-45(33-42)54-59-50(38-17-7-3-8-18-38)57-51(60-54)39-19-9-4-10-20-39)35-49(48)44-26-16-28-46(34-44)55-61-52(40-21-11-5-12-22-40)58-53(62-55)41-23-13-6-14-24-41/h3-35H,1-2H3. The van der Waals surface area contributed by atoms with Crippen LogP contribution >= 0.6 is 0 Å². The van der Waals surface area contributed by atoms with Gasteiger partial charge in [-0.2, -0.15) is 0 Å². The minimum Gasteiger partial charge on any atom is -0.258 e. The van der Waals surface area contributed by atoms with Gasteiger partial charge in [0, 0.05) is 44.8 Å². The van der Waals surface area contributed by atoms with Gasteiger partial charge in [-0.3, -0.25) is 4.98 Å². The number of nitrogens with zero attached hydrogens (tertiary/aromatic N) is 7. The molecule has 0 bridgehead atoms. The predicted molar refractivity (Wildman–Crippen MR) is 249 cm³/mol. The van der Waals surface area contributed by atoms with E-state index in [1.165, 1.54) is 0 Å². The van der Waals surface area contributed by atoms with E-state index in [2.05, 4.69) is 78.9 Å². The fourth-order valence-electron chi connectivity index (χ4n) is 7.74. The minimum atomic E-state index is 0.600. The monoisotopic (exact) mass is 797 g/mol. The van der Waals surface area contributed by atoms with Crippen LogP contribution in [0.5, 0.6) is 0 Å². The first kappa shape index (κ1) is 37.9. The summed E-state index contributed by atoms with van der Waals surface area (Å²) in [4.78, 5) is 34.6. The van der Waals surface area contributed by atoms with Crippen LogP contribution in [-0.2, 0) is 0 Å². The number of pyridine rings is 1. The molecule has 0 N–H and O–H groups in total. The Hall–Kier alpha value is -8.29. The Bertz CT molecular complexity index is 3060. The Morgan fingerprint density at radius 3 is 0.952 bits per heavy atom. The molecular weight excluding hydrogens is 759 g/mol. The van der Waals surface area contributed by atoms with Gasteiger partial charge in [0.25, 0.3) is 0 Å². The first-order valence-electron chi connectivity index (χ1n) is 20.6. The van der Waals surface area contributed by atoms with E-state index in [-0.39, 0.29) is 0 Å². The Morgan fingerprint density at radius 1 is 0.210 bits per heavy atom. The summed E-state index contributed by atoms with van der Waals surface area (Å²) in [5.74, 6) is 3.69. The molecule has 0 amide bonds. The van der Waals surface area contributed by atoms with Crippen LogP contribution in [0.25, 0.3) is 102 Å². The second-order valence-electron chi connectivity index (χ2n) is 15.1. The van der Waals surface area contributed by atoms with Gasteiger partial charge in [0.15, 0.2) is 34.9 Å². The smallest absolute Gasteiger partial charge is 0.164 e. The third-order valence-electron chi connectivity index (χ3n) is 10.7. The Labute approximate surface area is 360 Å². The molecule has 0 saturated heterocycles. The summed E-state index contributed by atoms with van der Waals surface area (Å²) in [5, 5.41) is 0. The van der Waals surface area contributed by atoms with Gasteiger partial charge >= 0.3 is 0 Å². The normalized spacial score (nSPS) is 11.1. The van der Waals surface area contributed by atoms with E-state index >= 15 is 0 Å². The van der Waals surface area contributed by atoms with Gasteiger partial charge in [-0.25, -0.2) is 29.9 Å². The molecule has 10 aromatic rings. The van der Waals surface area contributed by atoms with Crippen molar-refractivity contribution in [2.75, 3.05) is 0 Å². The summed E-state index contributed by atoms with van der Waals surface area (Å²) >= 11 is 0. The number of hydrogen-bond donors (Lipinski definition) is 0. The van der Waals surface area contributed by atoms with Crippen molar-refractivity contribution in [2.24, 2.45) is 0 Å². The van der Waals surface area contributed by atoms with E-state index in [9.17, 15) is 0 Å². The number of rotatable bonds is 9. The molecule has 0 atom stereocenters. The van der Waals surface area contributed by atoms with Gasteiger partial charge in [0.1, 0.15) is 0 Å². The summed E-state index contributed by atoms with van der Waals surface area (Å²) in [7, 11) is 0. The topological polar surface area (TPSA) is 90.2 Å². The molecule has 0 aliphatic heterocycles. The minimum absolute atomic E-state index is 0.600. The lowest BCUT2D eigenvalue weighted by Crippen LogP contribution is -2.00. The summed E-state index contributed by atoms with van der Waals surface area (Å²) in [6, 6.07) is 68.1. The van der Waals surface area contributed by atoms with Gasteiger partial charge in [0.2, 0.25) is 0 Å². The third kappa shape index (κ3) is 8.03. The molecule has 0 radical (unpaired) electrons. The zero-order chi connectivity index (χ0) is 41.8. The average molecular weight is 798 g/mol. The predicted octanol–water partition coefficient (Wildman–Crippen LogP) is 13.1. The van der Waals surface area contributed by atoms with E-state index in [0.717, 1.165) is 78.1 Å². The van der Waals surface area contributed by atoms with E-state index in [4.69, 9.17) is 34.9 Å². The molecule has 7 aromatic carbocycles. The highest BCUT2D eigenvalue weighted by Crippen LogP contribution is 2.39. The highest BCUT2D eigenvalue weighted by molar-refractivity contribution is 5.89. The van der Waals surface area contributed by atoms with Gasteiger partial charge < -0.3 is 0 Å². The fourth-order valence-corrected chi connectivity index (χ4v) is 7.74. The Balaban J connectivity index is 1.10. The van der Waals surface area contributed by atoms with Crippen LogP contribution < -0.4 is 0 Å². The molecule has 0 fully saturated rings. The SMILES string of the molecule is Cc1cc(-c2ccc(-c3cccc(-c4nc(-c5ccccc5)nc(-c5ccccc5)n4)c3)cc2-c2cccc(-c3nc(-c4ccccc4)nc(-c4ccccc4)n3)c2)cc(C)n1. The van der Waals surface area contributed by atoms with Crippen molar-refractivity contribution in [1.82, 2.24) is 34.9 Å². The van der Waals surface area contributed by atoms with E-state index < -0.39 is 0 Å². The Kier molecular flexibility index (Phi) is 10.3. The van der Waals surface area contributed by atoms with Crippen LogP contribution in [0.3, 0.4) is 0 Å². The van der Waals surface area contributed by atoms with E-state index in [1.807, 2.05) is 135 Å². The number of hydrogen-bond acceptors (Lipinski definition) is 7. The van der Waals surface area contributed by atoms with Crippen LogP contribution in [0.2, 0.25) is 0 Å². The summed E-state index contributed by atoms with van der Waals surface area (Å²) in [6.07, 6.45) is 0. The van der Waals surface area contributed by atoms with Gasteiger partial charge in [-0.1, -0.05) is 170 Å². The maximum atomic E-state index is 5.05. The number of aromatic nitrogens is 7. The molecule has 7 nitrogen and oxygen atoms in total. The second-order valence-corrected chi connectivity index (χ2v) is 15.1. The van der Waals surface area contributed by atoms with Gasteiger partial charge in [-0.05, 0) is 77.6 Å². The molecule has 0 aliphatic carbocycles. The molecule has 3 heterocycles. The molecule has 10 rings (SSSR count). The van der Waals surface area contributed by atoms with Crippen molar-refractivity contribution < 1.29 is 0 Å². The first-order chi connectivity index (χ1) is 30.5. The molecule has 7 heteroatoms. The van der Waals surface area contributed by atoms with Gasteiger partial charge in [0.05, 0.1) is 0 Å². The third-order valence-corrected chi connectivity index (χ3v) is 10.7. The molecule has 294 valence electrons.